The molecule has 1 aromatic carbocycles. The monoisotopic (exact) mass is 219 g/mol. The molecular formula is C14H18FN. The second-order valence-corrected chi connectivity index (χ2v) is 5.22. The Morgan fingerprint density at radius 1 is 1.12 bits per heavy atom. The van der Waals surface area contributed by atoms with Gasteiger partial charge in [0.2, 0.25) is 0 Å². The van der Waals surface area contributed by atoms with Crippen LogP contribution >= 0.6 is 0 Å². The number of halogens is 1. The van der Waals surface area contributed by atoms with Gasteiger partial charge in [0, 0.05) is 31.3 Å². The Hall–Kier alpha value is -0.890. The summed E-state index contributed by atoms with van der Waals surface area (Å²) >= 11 is 0. The number of nitrogens with one attached hydrogen (secondary N) is 1. The third kappa shape index (κ3) is 1.56. The maximum absolute atomic E-state index is 15.1. The highest BCUT2D eigenvalue weighted by Gasteiger charge is 2.52. The molecule has 1 saturated heterocycles. The number of benzene rings is 1. The predicted octanol–water partition coefficient (Wildman–Crippen LogP) is 2.57. The minimum absolute atomic E-state index is 0.228. The molecule has 1 nitrogen and oxygen atoms in total. The molecule has 1 saturated carbocycles. The molecule has 0 amide bonds. The molecule has 1 aliphatic heterocycles. The molecule has 2 bridgehead atoms. The standard InChI is InChI=1S/C14H18FN/c15-14(8-11-4-2-1-3-5-11)12-6-7-13(14)10-16-9-12/h1-5,12-13,16H,6-10H2. The highest BCUT2D eigenvalue weighted by molar-refractivity contribution is 5.20. The number of hydrogen-bond acceptors (Lipinski definition) is 1. The van der Waals surface area contributed by atoms with Gasteiger partial charge in [0.1, 0.15) is 5.67 Å². The second-order valence-electron chi connectivity index (χ2n) is 5.22. The normalized spacial score (nSPS) is 37.6. The fourth-order valence-electron chi connectivity index (χ4n) is 3.39. The van der Waals surface area contributed by atoms with E-state index in [1.54, 1.807) is 0 Å². The molecule has 2 unspecified atom stereocenters. The first kappa shape index (κ1) is 10.3. The largest absolute Gasteiger partial charge is 0.316 e. The van der Waals surface area contributed by atoms with Gasteiger partial charge in [-0.15, -0.1) is 0 Å². The zero-order chi connectivity index (χ0) is 11.0. The Morgan fingerprint density at radius 3 is 2.38 bits per heavy atom. The maximum atomic E-state index is 15.1. The summed E-state index contributed by atoms with van der Waals surface area (Å²) in [4.78, 5) is 0. The third-order valence-corrected chi connectivity index (χ3v) is 4.32. The van der Waals surface area contributed by atoms with Gasteiger partial charge in [-0.2, -0.15) is 0 Å². The van der Waals surface area contributed by atoms with Gasteiger partial charge in [0.15, 0.2) is 0 Å². The molecule has 3 rings (SSSR count). The van der Waals surface area contributed by atoms with Crippen molar-refractivity contribution in [3.05, 3.63) is 35.9 Å². The van der Waals surface area contributed by atoms with E-state index in [1.807, 2.05) is 30.3 Å². The Bertz CT molecular complexity index is 346. The van der Waals surface area contributed by atoms with Gasteiger partial charge in [0.25, 0.3) is 0 Å². The molecule has 1 aliphatic carbocycles. The molecule has 0 spiro atoms. The minimum Gasteiger partial charge on any atom is -0.316 e. The summed E-state index contributed by atoms with van der Waals surface area (Å²) in [5.41, 5.74) is 0.191. The summed E-state index contributed by atoms with van der Waals surface area (Å²) in [6.07, 6.45) is 2.72. The Balaban J connectivity index is 1.83. The zero-order valence-electron chi connectivity index (χ0n) is 9.45. The molecule has 1 aromatic rings. The molecule has 1 N–H and O–H groups in total. The van der Waals surface area contributed by atoms with Gasteiger partial charge in [-0.25, -0.2) is 4.39 Å². The fourth-order valence-corrected chi connectivity index (χ4v) is 3.39. The van der Waals surface area contributed by atoms with Crippen LogP contribution in [-0.4, -0.2) is 18.8 Å². The van der Waals surface area contributed by atoms with Crippen LogP contribution in [0.1, 0.15) is 18.4 Å². The first-order chi connectivity index (χ1) is 7.79. The van der Waals surface area contributed by atoms with E-state index in [2.05, 4.69) is 5.32 Å². The quantitative estimate of drug-likeness (QED) is 0.806. The van der Waals surface area contributed by atoms with Crippen LogP contribution in [0.3, 0.4) is 0 Å². The van der Waals surface area contributed by atoms with Crippen LogP contribution in [0.5, 0.6) is 0 Å². The Labute approximate surface area is 96.1 Å². The molecule has 2 aliphatic rings. The van der Waals surface area contributed by atoms with E-state index in [9.17, 15) is 0 Å². The first-order valence-electron chi connectivity index (χ1n) is 6.22. The highest BCUT2D eigenvalue weighted by Crippen LogP contribution is 2.47. The maximum Gasteiger partial charge on any atom is 0.123 e. The summed E-state index contributed by atoms with van der Waals surface area (Å²) in [6, 6.07) is 10.1. The predicted molar refractivity (Wildman–Crippen MR) is 63.1 cm³/mol. The lowest BCUT2D eigenvalue weighted by molar-refractivity contribution is 0.0369. The van der Waals surface area contributed by atoms with Crippen molar-refractivity contribution in [2.75, 3.05) is 13.1 Å². The van der Waals surface area contributed by atoms with Crippen molar-refractivity contribution in [2.45, 2.75) is 24.9 Å². The van der Waals surface area contributed by atoms with Crippen LogP contribution in [0.25, 0.3) is 0 Å². The first-order valence-corrected chi connectivity index (χ1v) is 6.22. The fraction of sp³-hybridized carbons (Fsp3) is 0.571. The van der Waals surface area contributed by atoms with Gasteiger partial charge in [-0.1, -0.05) is 30.3 Å². The lowest BCUT2D eigenvalue weighted by atomic mass is 9.78. The molecule has 2 fully saturated rings. The van der Waals surface area contributed by atoms with Crippen LogP contribution in [0, 0.1) is 11.8 Å². The van der Waals surface area contributed by atoms with E-state index < -0.39 is 5.67 Å². The average Bonchev–Trinajstić information content (AvgIpc) is 2.52. The van der Waals surface area contributed by atoms with Gasteiger partial charge in [0.05, 0.1) is 0 Å². The zero-order valence-corrected chi connectivity index (χ0v) is 9.45. The van der Waals surface area contributed by atoms with E-state index in [1.165, 1.54) is 0 Å². The SMILES string of the molecule is FC1(Cc2ccccc2)C2CCC1CNC2. The summed E-state index contributed by atoms with van der Waals surface area (Å²) in [6.45, 7) is 1.72. The number of fused-ring (bicyclic) bond motifs is 2. The van der Waals surface area contributed by atoms with Gasteiger partial charge in [-0.3, -0.25) is 0 Å². The van der Waals surface area contributed by atoms with E-state index >= 15 is 4.39 Å². The van der Waals surface area contributed by atoms with E-state index in [0.29, 0.717) is 6.42 Å². The number of hydrogen-bond donors (Lipinski definition) is 1. The summed E-state index contributed by atoms with van der Waals surface area (Å²) in [5.74, 6) is 0.456. The Morgan fingerprint density at radius 2 is 1.75 bits per heavy atom. The molecule has 86 valence electrons. The van der Waals surface area contributed by atoms with Crippen molar-refractivity contribution >= 4 is 0 Å². The van der Waals surface area contributed by atoms with Gasteiger partial charge in [-0.05, 0) is 18.4 Å². The smallest absolute Gasteiger partial charge is 0.123 e. The van der Waals surface area contributed by atoms with Crippen LogP contribution in [0.15, 0.2) is 30.3 Å². The van der Waals surface area contributed by atoms with E-state index in [-0.39, 0.29) is 11.8 Å². The molecular weight excluding hydrogens is 201 g/mol. The summed E-state index contributed by atoms with van der Waals surface area (Å²) in [7, 11) is 0. The van der Waals surface area contributed by atoms with Crippen molar-refractivity contribution in [3.8, 4) is 0 Å². The van der Waals surface area contributed by atoms with E-state index in [0.717, 1.165) is 31.5 Å². The molecule has 2 heteroatoms. The van der Waals surface area contributed by atoms with Gasteiger partial charge >= 0.3 is 0 Å². The van der Waals surface area contributed by atoms with Crippen LogP contribution in [0.2, 0.25) is 0 Å². The van der Waals surface area contributed by atoms with Crippen molar-refractivity contribution in [1.29, 1.82) is 0 Å². The van der Waals surface area contributed by atoms with Crippen LogP contribution < -0.4 is 5.32 Å². The van der Waals surface area contributed by atoms with Crippen molar-refractivity contribution in [3.63, 3.8) is 0 Å². The second kappa shape index (κ2) is 3.85. The topological polar surface area (TPSA) is 12.0 Å². The highest BCUT2D eigenvalue weighted by atomic mass is 19.1. The molecule has 16 heavy (non-hydrogen) atoms. The summed E-state index contributed by atoms with van der Waals surface area (Å²) in [5, 5.41) is 3.35. The lowest BCUT2D eigenvalue weighted by Crippen LogP contribution is -2.50. The molecule has 1 heterocycles. The molecule has 2 atom stereocenters. The average molecular weight is 219 g/mol. The summed E-state index contributed by atoms with van der Waals surface area (Å²) < 4.78 is 15.1. The third-order valence-electron chi connectivity index (χ3n) is 4.32. The number of piperidine rings is 1. The van der Waals surface area contributed by atoms with E-state index in [4.69, 9.17) is 0 Å². The lowest BCUT2D eigenvalue weighted by Gasteiger charge is -2.37. The van der Waals surface area contributed by atoms with Crippen LogP contribution in [-0.2, 0) is 6.42 Å². The van der Waals surface area contributed by atoms with Crippen molar-refractivity contribution in [2.24, 2.45) is 11.8 Å². The molecule has 0 aromatic heterocycles. The van der Waals surface area contributed by atoms with Crippen molar-refractivity contribution in [1.82, 2.24) is 5.32 Å². The minimum atomic E-state index is -0.952. The number of rotatable bonds is 2. The number of alkyl halides is 1. The van der Waals surface area contributed by atoms with Crippen molar-refractivity contribution < 1.29 is 4.39 Å². The Kier molecular flexibility index (Phi) is 2.47. The van der Waals surface area contributed by atoms with Crippen LogP contribution in [0.4, 0.5) is 4.39 Å². The molecule has 0 radical (unpaired) electrons. The van der Waals surface area contributed by atoms with Gasteiger partial charge < -0.3 is 5.32 Å².